The number of nitrogens with zero attached hydrogens (tertiary/aromatic N) is 1. The normalized spacial score (nSPS) is 18.2. The second-order valence-electron chi connectivity index (χ2n) is 4.53. The first-order chi connectivity index (χ1) is 5.49. The smallest absolute Gasteiger partial charge is 0.317 e. The topological polar surface area (TPSA) is 32.3 Å². The third-order valence-corrected chi connectivity index (χ3v) is 2.08. The Morgan fingerprint density at radius 3 is 2.58 bits per heavy atom. The minimum atomic E-state index is 0.0965. The van der Waals surface area contributed by atoms with Gasteiger partial charge in [0.25, 0.3) is 0 Å². The first kappa shape index (κ1) is 9.36. The largest absolute Gasteiger partial charge is 0.336 e. The maximum absolute atomic E-state index is 11.1. The molecule has 0 aromatic heterocycles. The number of carbonyl (C=O) groups is 1. The molecule has 1 aliphatic heterocycles. The van der Waals surface area contributed by atoms with Crippen LogP contribution < -0.4 is 5.32 Å². The summed E-state index contributed by atoms with van der Waals surface area (Å²) in [6, 6.07) is 0.0965. The zero-order valence-corrected chi connectivity index (χ0v) is 8.18. The Kier molecular flexibility index (Phi) is 2.60. The summed E-state index contributed by atoms with van der Waals surface area (Å²) >= 11 is 0. The number of urea groups is 1. The van der Waals surface area contributed by atoms with Crippen molar-refractivity contribution >= 4 is 6.03 Å². The number of hydrogen-bond acceptors (Lipinski definition) is 1. The highest BCUT2D eigenvalue weighted by Gasteiger charge is 2.21. The van der Waals surface area contributed by atoms with E-state index in [9.17, 15) is 4.79 Å². The summed E-state index contributed by atoms with van der Waals surface area (Å²) < 4.78 is 0. The molecule has 3 nitrogen and oxygen atoms in total. The van der Waals surface area contributed by atoms with Gasteiger partial charge in [-0.3, -0.25) is 0 Å². The second-order valence-corrected chi connectivity index (χ2v) is 4.53. The van der Waals surface area contributed by atoms with Gasteiger partial charge in [-0.2, -0.15) is 0 Å². The maximum Gasteiger partial charge on any atom is 0.317 e. The molecule has 12 heavy (non-hydrogen) atoms. The Balaban J connectivity index is 2.27. The van der Waals surface area contributed by atoms with E-state index in [0.717, 1.165) is 26.1 Å². The quantitative estimate of drug-likeness (QED) is 0.668. The van der Waals surface area contributed by atoms with Crippen molar-refractivity contribution in [3.63, 3.8) is 0 Å². The van der Waals surface area contributed by atoms with Crippen LogP contribution in [0, 0.1) is 5.41 Å². The SMILES string of the molecule is CC(C)(C)CCN1CCNC1=O. The molecule has 0 unspecified atom stereocenters. The minimum Gasteiger partial charge on any atom is -0.336 e. The first-order valence-corrected chi connectivity index (χ1v) is 4.52. The van der Waals surface area contributed by atoms with Crippen LogP contribution in [0.15, 0.2) is 0 Å². The second kappa shape index (κ2) is 3.33. The van der Waals surface area contributed by atoms with Gasteiger partial charge in [-0.15, -0.1) is 0 Å². The Bertz CT molecular complexity index is 172. The van der Waals surface area contributed by atoms with Crippen molar-refractivity contribution in [2.45, 2.75) is 27.2 Å². The third kappa shape index (κ3) is 2.72. The fourth-order valence-electron chi connectivity index (χ4n) is 1.19. The van der Waals surface area contributed by atoms with Crippen molar-refractivity contribution < 1.29 is 4.79 Å². The average Bonchev–Trinajstić information content (AvgIpc) is 2.29. The third-order valence-electron chi connectivity index (χ3n) is 2.08. The number of carbonyl (C=O) groups excluding carboxylic acids is 1. The molecule has 1 N–H and O–H groups in total. The van der Waals surface area contributed by atoms with Crippen molar-refractivity contribution in [3.8, 4) is 0 Å². The molecule has 3 heteroatoms. The molecule has 1 heterocycles. The zero-order chi connectivity index (χ0) is 9.19. The monoisotopic (exact) mass is 170 g/mol. The Morgan fingerprint density at radius 2 is 2.17 bits per heavy atom. The highest BCUT2D eigenvalue weighted by molar-refractivity contribution is 5.76. The van der Waals surface area contributed by atoms with E-state index in [2.05, 4.69) is 26.1 Å². The van der Waals surface area contributed by atoms with Crippen LogP contribution in [0.4, 0.5) is 4.79 Å². The Morgan fingerprint density at radius 1 is 1.50 bits per heavy atom. The molecule has 0 saturated carbocycles. The molecule has 1 fully saturated rings. The summed E-state index contributed by atoms with van der Waals surface area (Å²) in [6.07, 6.45) is 1.07. The van der Waals surface area contributed by atoms with E-state index < -0.39 is 0 Å². The highest BCUT2D eigenvalue weighted by atomic mass is 16.2. The molecule has 0 radical (unpaired) electrons. The lowest BCUT2D eigenvalue weighted by Crippen LogP contribution is -2.30. The van der Waals surface area contributed by atoms with Crippen molar-refractivity contribution in [2.75, 3.05) is 19.6 Å². The number of hydrogen-bond donors (Lipinski definition) is 1. The number of amides is 2. The highest BCUT2D eigenvalue weighted by Crippen LogP contribution is 2.19. The summed E-state index contributed by atoms with van der Waals surface area (Å²) in [5, 5.41) is 2.79. The van der Waals surface area contributed by atoms with Gasteiger partial charge in [-0.05, 0) is 11.8 Å². The average molecular weight is 170 g/mol. The molecule has 70 valence electrons. The minimum absolute atomic E-state index is 0.0965. The zero-order valence-electron chi connectivity index (χ0n) is 8.18. The van der Waals surface area contributed by atoms with Gasteiger partial charge in [0, 0.05) is 19.6 Å². The fraction of sp³-hybridized carbons (Fsp3) is 0.889. The van der Waals surface area contributed by atoms with Crippen LogP contribution in [0.5, 0.6) is 0 Å². The van der Waals surface area contributed by atoms with Gasteiger partial charge in [-0.1, -0.05) is 20.8 Å². The van der Waals surface area contributed by atoms with Crippen LogP contribution >= 0.6 is 0 Å². The lowest BCUT2D eigenvalue weighted by molar-refractivity contribution is 0.209. The molecule has 0 aromatic rings. The summed E-state index contributed by atoms with van der Waals surface area (Å²) in [4.78, 5) is 13.0. The van der Waals surface area contributed by atoms with E-state index in [1.54, 1.807) is 0 Å². The van der Waals surface area contributed by atoms with Crippen LogP contribution in [0.3, 0.4) is 0 Å². The Hall–Kier alpha value is -0.730. The van der Waals surface area contributed by atoms with E-state index >= 15 is 0 Å². The molecule has 0 aliphatic carbocycles. The molecule has 2 amide bonds. The van der Waals surface area contributed by atoms with Crippen LogP contribution in [-0.4, -0.2) is 30.6 Å². The summed E-state index contributed by atoms with van der Waals surface area (Å²) in [7, 11) is 0. The van der Waals surface area contributed by atoms with Gasteiger partial charge in [-0.25, -0.2) is 4.79 Å². The van der Waals surface area contributed by atoms with Gasteiger partial charge < -0.3 is 10.2 Å². The van der Waals surface area contributed by atoms with Crippen molar-refractivity contribution in [3.05, 3.63) is 0 Å². The molecule has 1 rings (SSSR count). The molecule has 0 bridgehead atoms. The lowest BCUT2D eigenvalue weighted by atomic mass is 9.92. The van der Waals surface area contributed by atoms with E-state index in [1.807, 2.05) is 4.90 Å². The molecular weight excluding hydrogens is 152 g/mol. The van der Waals surface area contributed by atoms with E-state index in [1.165, 1.54) is 0 Å². The predicted molar refractivity (Wildman–Crippen MR) is 49.0 cm³/mol. The van der Waals surface area contributed by atoms with E-state index in [0.29, 0.717) is 5.41 Å². The standard InChI is InChI=1S/C9H18N2O/c1-9(2,3)4-6-11-7-5-10-8(11)12/h4-7H2,1-3H3,(H,10,12). The molecule has 0 aromatic carbocycles. The molecule has 0 atom stereocenters. The molecule has 1 aliphatic rings. The maximum atomic E-state index is 11.1. The lowest BCUT2D eigenvalue weighted by Gasteiger charge is -2.22. The Labute approximate surface area is 74.1 Å². The molecule has 1 saturated heterocycles. The van der Waals surface area contributed by atoms with Gasteiger partial charge >= 0.3 is 6.03 Å². The molecular formula is C9H18N2O. The summed E-state index contributed by atoms with van der Waals surface area (Å²) in [5.74, 6) is 0. The van der Waals surface area contributed by atoms with E-state index in [4.69, 9.17) is 0 Å². The van der Waals surface area contributed by atoms with Gasteiger partial charge in [0.1, 0.15) is 0 Å². The number of rotatable bonds is 2. The van der Waals surface area contributed by atoms with Crippen LogP contribution in [0.25, 0.3) is 0 Å². The summed E-state index contributed by atoms with van der Waals surface area (Å²) in [5.41, 5.74) is 0.322. The molecule has 0 spiro atoms. The van der Waals surface area contributed by atoms with Crippen molar-refractivity contribution in [2.24, 2.45) is 5.41 Å². The predicted octanol–water partition coefficient (Wildman–Crippen LogP) is 1.45. The van der Waals surface area contributed by atoms with Crippen molar-refractivity contribution in [1.29, 1.82) is 0 Å². The van der Waals surface area contributed by atoms with Gasteiger partial charge in [0.15, 0.2) is 0 Å². The van der Waals surface area contributed by atoms with Gasteiger partial charge in [0.2, 0.25) is 0 Å². The van der Waals surface area contributed by atoms with Crippen LogP contribution in [0.1, 0.15) is 27.2 Å². The van der Waals surface area contributed by atoms with Crippen molar-refractivity contribution in [1.82, 2.24) is 10.2 Å². The summed E-state index contributed by atoms with van der Waals surface area (Å²) in [6.45, 7) is 9.15. The first-order valence-electron chi connectivity index (χ1n) is 4.52. The van der Waals surface area contributed by atoms with Crippen LogP contribution in [-0.2, 0) is 0 Å². The number of nitrogens with one attached hydrogen (secondary N) is 1. The van der Waals surface area contributed by atoms with E-state index in [-0.39, 0.29) is 6.03 Å². The van der Waals surface area contributed by atoms with Gasteiger partial charge in [0.05, 0.1) is 0 Å². The fourth-order valence-corrected chi connectivity index (χ4v) is 1.19. The van der Waals surface area contributed by atoms with Crippen LogP contribution in [0.2, 0.25) is 0 Å².